The molecule has 0 N–H and O–H groups in total. The lowest BCUT2D eigenvalue weighted by atomic mass is 10.0. The van der Waals surface area contributed by atoms with Gasteiger partial charge in [0, 0.05) is 29.0 Å². The standard InChI is InChI=1S/C25H20O6/c1-2-21(26)17-7-10-19(11-8-17)29-15-24(28)30-14-18-13-23(27)31-22-12-9-16-5-3-4-6-20(16)25(18)22/h3-13H,2,14-15H2,1H3. The second kappa shape index (κ2) is 8.83. The highest BCUT2D eigenvalue weighted by molar-refractivity contribution is 6.07. The third kappa shape index (κ3) is 4.48. The van der Waals surface area contributed by atoms with E-state index in [1.807, 2.05) is 30.3 Å². The van der Waals surface area contributed by atoms with Gasteiger partial charge in [0.05, 0.1) is 0 Å². The highest BCUT2D eigenvalue weighted by atomic mass is 16.6. The molecule has 31 heavy (non-hydrogen) atoms. The van der Waals surface area contributed by atoms with Crippen LogP contribution >= 0.6 is 0 Å². The number of esters is 1. The lowest BCUT2D eigenvalue weighted by Gasteiger charge is -2.10. The van der Waals surface area contributed by atoms with Gasteiger partial charge in [0.2, 0.25) is 0 Å². The van der Waals surface area contributed by atoms with Crippen LogP contribution in [0.1, 0.15) is 29.3 Å². The lowest BCUT2D eigenvalue weighted by Crippen LogP contribution is -2.15. The Labute approximate surface area is 178 Å². The van der Waals surface area contributed by atoms with Crippen LogP contribution in [0.15, 0.2) is 75.9 Å². The van der Waals surface area contributed by atoms with Crippen molar-refractivity contribution in [1.29, 1.82) is 0 Å². The van der Waals surface area contributed by atoms with Crippen LogP contribution in [-0.4, -0.2) is 18.4 Å². The normalized spacial score (nSPS) is 10.9. The van der Waals surface area contributed by atoms with Gasteiger partial charge in [0.1, 0.15) is 17.9 Å². The summed E-state index contributed by atoms with van der Waals surface area (Å²) in [5.74, 6) is -0.0743. The highest BCUT2D eigenvalue weighted by Gasteiger charge is 2.12. The Morgan fingerprint density at radius 3 is 2.52 bits per heavy atom. The minimum atomic E-state index is -0.574. The average molecular weight is 416 g/mol. The van der Waals surface area contributed by atoms with E-state index in [0.717, 1.165) is 16.2 Å². The predicted molar refractivity (Wildman–Crippen MR) is 116 cm³/mol. The minimum absolute atomic E-state index is 0.0399. The van der Waals surface area contributed by atoms with Crippen LogP contribution in [0, 0.1) is 0 Å². The number of ether oxygens (including phenoxy) is 2. The van der Waals surface area contributed by atoms with Crippen molar-refractivity contribution in [3.63, 3.8) is 0 Å². The molecule has 0 unspecified atom stereocenters. The first-order valence-electron chi connectivity index (χ1n) is 9.91. The van der Waals surface area contributed by atoms with Gasteiger partial charge in [-0.25, -0.2) is 9.59 Å². The van der Waals surface area contributed by atoms with Gasteiger partial charge in [-0.2, -0.15) is 0 Å². The Hall–Kier alpha value is -3.93. The fourth-order valence-corrected chi connectivity index (χ4v) is 3.42. The molecule has 0 saturated carbocycles. The lowest BCUT2D eigenvalue weighted by molar-refractivity contribution is -0.147. The summed E-state index contributed by atoms with van der Waals surface area (Å²) in [5, 5.41) is 2.64. The third-order valence-corrected chi connectivity index (χ3v) is 4.96. The van der Waals surface area contributed by atoms with E-state index in [0.29, 0.717) is 28.9 Å². The molecule has 4 rings (SSSR count). The fourth-order valence-electron chi connectivity index (χ4n) is 3.42. The van der Waals surface area contributed by atoms with E-state index in [4.69, 9.17) is 13.9 Å². The monoisotopic (exact) mass is 416 g/mol. The van der Waals surface area contributed by atoms with E-state index >= 15 is 0 Å². The molecule has 0 saturated heterocycles. The maximum Gasteiger partial charge on any atom is 0.344 e. The molecule has 0 aliphatic rings. The van der Waals surface area contributed by atoms with Gasteiger partial charge >= 0.3 is 11.6 Å². The van der Waals surface area contributed by atoms with Crippen LogP contribution in [0.2, 0.25) is 0 Å². The molecule has 156 valence electrons. The first kappa shape index (κ1) is 20.3. The number of ketones is 1. The second-order valence-corrected chi connectivity index (χ2v) is 7.00. The molecule has 0 atom stereocenters. The zero-order chi connectivity index (χ0) is 21.8. The average Bonchev–Trinajstić information content (AvgIpc) is 2.80. The summed E-state index contributed by atoms with van der Waals surface area (Å²) >= 11 is 0. The molecule has 0 aliphatic carbocycles. The number of hydrogen-bond donors (Lipinski definition) is 0. The van der Waals surface area contributed by atoms with E-state index in [-0.39, 0.29) is 19.0 Å². The topological polar surface area (TPSA) is 82.8 Å². The molecular formula is C25H20O6. The number of carbonyl (C=O) groups is 2. The first-order valence-corrected chi connectivity index (χ1v) is 9.91. The van der Waals surface area contributed by atoms with Crippen molar-refractivity contribution in [1.82, 2.24) is 0 Å². The van der Waals surface area contributed by atoms with E-state index < -0.39 is 11.6 Å². The molecule has 0 bridgehead atoms. The summed E-state index contributed by atoms with van der Waals surface area (Å²) in [6.07, 6.45) is 0.425. The zero-order valence-corrected chi connectivity index (χ0v) is 16.9. The fraction of sp³-hybridized carbons (Fsp3) is 0.160. The van der Waals surface area contributed by atoms with Crippen LogP contribution < -0.4 is 10.4 Å². The number of rotatable bonds is 7. The molecule has 1 heterocycles. The Kier molecular flexibility index (Phi) is 5.80. The Morgan fingerprint density at radius 2 is 1.74 bits per heavy atom. The molecule has 0 aliphatic heterocycles. The molecule has 6 nitrogen and oxygen atoms in total. The minimum Gasteiger partial charge on any atom is -0.482 e. The zero-order valence-electron chi connectivity index (χ0n) is 16.9. The molecule has 6 heteroatoms. The van der Waals surface area contributed by atoms with Crippen molar-refractivity contribution in [3.8, 4) is 5.75 Å². The van der Waals surface area contributed by atoms with E-state index in [9.17, 15) is 14.4 Å². The predicted octanol–water partition coefficient (Wildman–Crippen LogP) is 4.66. The smallest absolute Gasteiger partial charge is 0.344 e. The quantitative estimate of drug-likeness (QED) is 0.189. The highest BCUT2D eigenvalue weighted by Crippen LogP contribution is 2.27. The number of hydrogen-bond acceptors (Lipinski definition) is 6. The molecule has 4 aromatic rings. The summed E-state index contributed by atoms with van der Waals surface area (Å²) in [5.41, 5.74) is 1.10. The summed E-state index contributed by atoms with van der Waals surface area (Å²) in [4.78, 5) is 35.8. The van der Waals surface area contributed by atoms with Gasteiger partial charge in [0.15, 0.2) is 12.4 Å². The van der Waals surface area contributed by atoms with Crippen LogP contribution in [-0.2, 0) is 16.1 Å². The second-order valence-electron chi connectivity index (χ2n) is 7.00. The summed E-state index contributed by atoms with van der Waals surface area (Å²) < 4.78 is 16.1. The van der Waals surface area contributed by atoms with E-state index in [2.05, 4.69) is 0 Å². The van der Waals surface area contributed by atoms with Gasteiger partial charge in [0.25, 0.3) is 0 Å². The largest absolute Gasteiger partial charge is 0.482 e. The van der Waals surface area contributed by atoms with Crippen molar-refractivity contribution < 1.29 is 23.5 Å². The molecule has 1 aromatic heterocycles. The van der Waals surface area contributed by atoms with Crippen molar-refractivity contribution in [3.05, 3.63) is 88.3 Å². The maximum absolute atomic E-state index is 12.2. The van der Waals surface area contributed by atoms with Gasteiger partial charge < -0.3 is 13.9 Å². The van der Waals surface area contributed by atoms with Gasteiger partial charge in [-0.05, 0) is 41.1 Å². The van der Waals surface area contributed by atoms with Crippen LogP contribution in [0.4, 0.5) is 0 Å². The van der Waals surface area contributed by atoms with Crippen LogP contribution in [0.5, 0.6) is 5.75 Å². The van der Waals surface area contributed by atoms with Crippen molar-refractivity contribution in [2.75, 3.05) is 6.61 Å². The Balaban J connectivity index is 1.46. The van der Waals surface area contributed by atoms with E-state index in [1.54, 1.807) is 37.3 Å². The van der Waals surface area contributed by atoms with Crippen LogP contribution in [0.3, 0.4) is 0 Å². The molecule has 0 radical (unpaired) electrons. The van der Waals surface area contributed by atoms with Crippen molar-refractivity contribution in [2.45, 2.75) is 20.0 Å². The molecule has 0 spiro atoms. The number of carbonyl (C=O) groups excluding carboxylic acids is 2. The number of Topliss-reactive ketones (excluding diaryl/α,β-unsaturated/α-hetero) is 1. The Morgan fingerprint density at radius 1 is 0.968 bits per heavy atom. The summed E-state index contributed by atoms with van der Waals surface area (Å²) in [6.45, 7) is 1.43. The molecule has 0 fully saturated rings. The maximum atomic E-state index is 12.2. The summed E-state index contributed by atoms with van der Waals surface area (Å²) in [7, 11) is 0. The molecular weight excluding hydrogens is 396 g/mol. The summed E-state index contributed by atoms with van der Waals surface area (Å²) in [6, 6.07) is 19.3. The van der Waals surface area contributed by atoms with Crippen molar-refractivity contribution >= 4 is 33.5 Å². The number of benzene rings is 3. The molecule has 3 aromatic carbocycles. The third-order valence-electron chi connectivity index (χ3n) is 4.96. The van der Waals surface area contributed by atoms with Gasteiger partial charge in [-0.15, -0.1) is 0 Å². The van der Waals surface area contributed by atoms with Gasteiger partial charge in [-0.3, -0.25) is 4.79 Å². The SMILES string of the molecule is CCC(=O)c1ccc(OCC(=O)OCc2cc(=O)oc3ccc4ccccc4c23)cc1. The van der Waals surface area contributed by atoms with E-state index in [1.165, 1.54) is 6.07 Å². The van der Waals surface area contributed by atoms with Crippen LogP contribution in [0.25, 0.3) is 21.7 Å². The number of fused-ring (bicyclic) bond motifs is 3. The molecule has 0 amide bonds. The van der Waals surface area contributed by atoms with Gasteiger partial charge in [-0.1, -0.05) is 37.3 Å². The first-order chi connectivity index (χ1) is 15.0. The Bertz CT molecular complexity index is 1320. The van der Waals surface area contributed by atoms with Crippen molar-refractivity contribution in [2.24, 2.45) is 0 Å².